The summed E-state index contributed by atoms with van der Waals surface area (Å²) in [6, 6.07) is 6.05. The zero-order valence-electron chi connectivity index (χ0n) is 16.0. The van der Waals surface area contributed by atoms with Crippen LogP contribution in [-0.4, -0.2) is 17.6 Å². The van der Waals surface area contributed by atoms with Crippen molar-refractivity contribution in [3.63, 3.8) is 0 Å². The average Bonchev–Trinajstić information content (AvgIpc) is 2.90. The smallest absolute Gasteiger partial charge is 0.340 e. The number of carbonyl (C=O) groups excluding carboxylic acids is 1. The molecule has 0 radical (unpaired) electrons. The molecule has 0 bridgehead atoms. The molecule has 0 fully saturated rings. The molecule has 1 N–H and O–H groups in total. The Balaban J connectivity index is 0.00000300. The van der Waals surface area contributed by atoms with Crippen molar-refractivity contribution in [1.82, 2.24) is 4.57 Å². The van der Waals surface area contributed by atoms with Crippen molar-refractivity contribution in [2.75, 3.05) is 12.4 Å². The number of ether oxygens (including phenoxy) is 1. The highest BCUT2D eigenvalue weighted by atomic mass is 127. The van der Waals surface area contributed by atoms with E-state index >= 15 is 4.39 Å². The number of benzene rings is 2. The number of fused-ring (bicyclic) bond motifs is 1. The highest BCUT2D eigenvalue weighted by Crippen LogP contribution is 2.32. The summed E-state index contributed by atoms with van der Waals surface area (Å²) in [6.07, 6.45) is 1.66. The van der Waals surface area contributed by atoms with E-state index in [0.29, 0.717) is 21.1 Å². The lowest BCUT2D eigenvalue weighted by atomic mass is 10.1. The van der Waals surface area contributed by atoms with E-state index in [0.717, 1.165) is 5.82 Å². The first kappa shape index (κ1) is 23.5. The normalized spacial score (nSPS) is 10.6. The quantitative estimate of drug-likeness (QED) is 0.202. The molecule has 154 valence electrons. The summed E-state index contributed by atoms with van der Waals surface area (Å²) >= 11 is 1.98. The van der Waals surface area contributed by atoms with Gasteiger partial charge in [0.1, 0.15) is 12.4 Å². The van der Waals surface area contributed by atoms with E-state index in [1.807, 2.05) is 29.5 Å². The van der Waals surface area contributed by atoms with E-state index < -0.39 is 17.6 Å². The lowest BCUT2D eigenvalue weighted by Gasteiger charge is -2.13. The highest BCUT2D eigenvalue weighted by molar-refractivity contribution is 14.1. The molecule has 0 saturated carbocycles. The van der Waals surface area contributed by atoms with Crippen LogP contribution in [0, 0.1) is 22.1 Å². The number of rotatable bonds is 5. The molecule has 0 amide bonds. The van der Waals surface area contributed by atoms with Crippen molar-refractivity contribution >= 4 is 51.0 Å². The van der Waals surface area contributed by atoms with Gasteiger partial charge in [0, 0.05) is 16.6 Å². The van der Waals surface area contributed by atoms with Crippen molar-refractivity contribution in [3.05, 3.63) is 63.5 Å². The van der Waals surface area contributed by atoms with E-state index in [9.17, 15) is 9.18 Å². The van der Waals surface area contributed by atoms with Crippen LogP contribution in [0.3, 0.4) is 0 Å². The van der Waals surface area contributed by atoms with Gasteiger partial charge >= 0.3 is 5.97 Å². The van der Waals surface area contributed by atoms with Gasteiger partial charge in [-0.05, 0) is 40.8 Å². The van der Waals surface area contributed by atoms with E-state index in [-0.39, 0.29) is 40.9 Å². The van der Waals surface area contributed by atoms with Gasteiger partial charge in [0.15, 0.2) is 11.3 Å². The number of esters is 1. The van der Waals surface area contributed by atoms with Crippen molar-refractivity contribution in [1.29, 1.82) is 0 Å². The second kappa shape index (κ2) is 9.37. The topological polar surface area (TPSA) is 47.1 Å². The molecule has 0 unspecified atom stereocenters. The molecule has 0 aliphatic carbocycles. The first-order valence-corrected chi connectivity index (χ1v) is 9.50. The fourth-order valence-electron chi connectivity index (χ4n) is 3.13. The Labute approximate surface area is 197 Å². The lowest BCUT2D eigenvalue weighted by Crippen LogP contribution is -3.00. The molecule has 29 heavy (non-hydrogen) atoms. The molecule has 9 heteroatoms. The van der Waals surface area contributed by atoms with Crippen molar-refractivity contribution in [3.8, 4) is 0 Å². The predicted molar refractivity (Wildman–Crippen MR) is 112 cm³/mol. The summed E-state index contributed by atoms with van der Waals surface area (Å²) in [5, 5.41) is 2.74. The Bertz CT molecular complexity index is 1110. The van der Waals surface area contributed by atoms with Gasteiger partial charge in [0.25, 0.3) is 5.82 Å². The molecule has 3 rings (SSSR count). The second-order valence-corrected chi connectivity index (χ2v) is 7.47. The summed E-state index contributed by atoms with van der Waals surface area (Å²) in [5.41, 5.74) is 0.721. The van der Waals surface area contributed by atoms with Crippen LogP contribution in [-0.2, 0) is 18.3 Å². The first-order chi connectivity index (χ1) is 13.3. The maximum Gasteiger partial charge on any atom is 0.340 e. The molecule has 0 aliphatic heterocycles. The number of hydrogen-bond acceptors (Lipinski definition) is 3. The number of hydrogen-bond donors (Lipinski definition) is 1. The van der Waals surface area contributed by atoms with Crippen LogP contribution in [0.5, 0.6) is 0 Å². The van der Waals surface area contributed by atoms with E-state index in [1.54, 1.807) is 34.4 Å². The monoisotopic (exact) mass is 625 g/mol. The molecule has 0 saturated heterocycles. The minimum atomic E-state index is -0.719. The summed E-state index contributed by atoms with van der Waals surface area (Å²) in [6.45, 7) is 5.94. The number of allylic oxidation sites excluding steroid dienone is 1. The first-order valence-electron chi connectivity index (χ1n) is 8.42. The van der Waals surface area contributed by atoms with Crippen molar-refractivity contribution < 1.29 is 46.9 Å². The molecule has 5 nitrogen and oxygen atoms in total. The number of nitrogens with one attached hydrogen (secondary N) is 1. The number of nitrogens with zero attached hydrogens (tertiary/aromatic N) is 2. The Morgan fingerprint density at radius 3 is 2.66 bits per heavy atom. The van der Waals surface area contributed by atoms with Gasteiger partial charge in [0.2, 0.25) is 5.52 Å². The summed E-state index contributed by atoms with van der Waals surface area (Å²) in [7, 11) is 3.00. The highest BCUT2D eigenvalue weighted by Gasteiger charge is 2.29. The summed E-state index contributed by atoms with van der Waals surface area (Å²) in [5.74, 6) is -1.16. The Morgan fingerprint density at radius 1 is 1.38 bits per heavy atom. The second-order valence-electron chi connectivity index (χ2n) is 6.23. The minimum Gasteiger partial charge on any atom is -1.00 e. The number of aryl methyl sites for hydroxylation is 1. The molecular formula is C20H19F2I2N3O2. The van der Waals surface area contributed by atoms with Gasteiger partial charge in [-0.3, -0.25) is 0 Å². The van der Waals surface area contributed by atoms with Crippen LogP contribution in [0.25, 0.3) is 11.0 Å². The molecule has 0 atom stereocenters. The number of imidazole rings is 1. The van der Waals surface area contributed by atoms with Crippen molar-refractivity contribution in [2.24, 2.45) is 7.05 Å². The molecular weight excluding hydrogens is 606 g/mol. The number of carbonyl (C=O) groups is 1. The number of aromatic nitrogens is 2. The third-order valence-electron chi connectivity index (χ3n) is 4.64. The third-order valence-corrected chi connectivity index (χ3v) is 5.31. The molecule has 0 aliphatic rings. The molecule has 0 spiro atoms. The van der Waals surface area contributed by atoms with Crippen molar-refractivity contribution in [2.45, 2.75) is 13.5 Å². The lowest BCUT2D eigenvalue weighted by molar-refractivity contribution is -0.652. The van der Waals surface area contributed by atoms with Gasteiger partial charge in [-0.2, -0.15) is 4.39 Å². The van der Waals surface area contributed by atoms with Gasteiger partial charge < -0.3 is 34.0 Å². The van der Waals surface area contributed by atoms with Crippen LogP contribution in [0.2, 0.25) is 0 Å². The fourth-order valence-corrected chi connectivity index (χ4v) is 3.58. The fraction of sp³-hybridized carbons (Fsp3) is 0.200. The predicted octanol–water partition coefficient (Wildman–Crippen LogP) is 1.38. The van der Waals surface area contributed by atoms with Crippen LogP contribution in [0.15, 0.2) is 36.9 Å². The number of halogens is 4. The van der Waals surface area contributed by atoms with Gasteiger partial charge in [-0.1, -0.05) is 12.7 Å². The molecule has 1 aromatic heterocycles. The number of methoxy groups -OCH3 is 1. The maximum atomic E-state index is 15.6. The zero-order chi connectivity index (χ0) is 20.6. The average molecular weight is 625 g/mol. The van der Waals surface area contributed by atoms with E-state index in [1.165, 1.54) is 19.2 Å². The standard InChI is InChI=1S/C20H18F2IN3O2.HI/c1-5-8-26-11(2)25(3)16-10-13(20(27)28-4)18(17(22)19(16)26)24-15-7-6-12(23)9-14(15)21;/h5-7,9-10H,1,8H2,2-4H3;1H. The Kier molecular flexibility index (Phi) is 7.60. The van der Waals surface area contributed by atoms with E-state index in [2.05, 4.69) is 11.9 Å². The third kappa shape index (κ3) is 4.25. The Morgan fingerprint density at radius 2 is 2.07 bits per heavy atom. The zero-order valence-corrected chi connectivity index (χ0v) is 20.3. The maximum absolute atomic E-state index is 15.6. The van der Waals surface area contributed by atoms with Gasteiger partial charge in [0.05, 0.1) is 31.1 Å². The van der Waals surface area contributed by atoms with Crippen LogP contribution in [0.1, 0.15) is 16.2 Å². The summed E-state index contributed by atoms with van der Waals surface area (Å²) in [4.78, 5) is 12.3. The molecule has 3 aromatic rings. The van der Waals surface area contributed by atoms with Gasteiger partial charge in [-0.15, -0.1) is 0 Å². The minimum absolute atomic E-state index is 0. The Hall–Kier alpha value is -1.76. The van der Waals surface area contributed by atoms with Crippen LogP contribution < -0.4 is 33.9 Å². The molecule has 2 aromatic carbocycles. The van der Waals surface area contributed by atoms with Crippen LogP contribution in [0.4, 0.5) is 20.2 Å². The largest absolute Gasteiger partial charge is 1.00 e. The number of anilines is 2. The SMILES string of the molecule is C=CCn1c(C)[n+](C)c2cc(C(=O)OC)c(Nc3ccc(I)cc3F)c(F)c21.[I-]. The van der Waals surface area contributed by atoms with E-state index in [4.69, 9.17) is 4.74 Å². The van der Waals surface area contributed by atoms with Crippen LogP contribution >= 0.6 is 22.6 Å². The molecule has 1 heterocycles. The summed E-state index contributed by atoms with van der Waals surface area (Å²) < 4.78 is 39.0. The van der Waals surface area contributed by atoms with Gasteiger partial charge in [-0.25, -0.2) is 18.3 Å².